The minimum Gasteiger partial charge on any atom is -0.497 e. The van der Waals surface area contributed by atoms with Crippen LogP contribution in [-0.2, 0) is 20.8 Å². The van der Waals surface area contributed by atoms with E-state index in [4.69, 9.17) is 27.9 Å². The van der Waals surface area contributed by atoms with E-state index in [1.165, 1.54) is 21.0 Å². The number of rotatable bonds is 12. The average molecular weight is 623 g/mol. The second-order valence-electron chi connectivity index (χ2n) is 10.1. The fourth-order valence-corrected chi connectivity index (χ4v) is 4.81. The first-order chi connectivity index (χ1) is 19.8. The zero-order chi connectivity index (χ0) is 31.0. The van der Waals surface area contributed by atoms with E-state index in [1.54, 1.807) is 60.7 Å². The predicted octanol–water partition coefficient (Wildman–Crippen LogP) is 6.52. The SMILES string of the molecule is COc1ccc(C(CC(=O)N[C@@H](Cc2cccc(Cl)c2)C(=O)N[C@H](C(=O)C(F)(F)F)C(C)C)c2ccc(Cl)cc2)cc1. The van der Waals surface area contributed by atoms with Gasteiger partial charge in [-0.3, -0.25) is 14.4 Å². The van der Waals surface area contributed by atoms with Crippen LogP contribution < -0.4 is 15.4 Å². The van der Waals surface area contributed by atoms with E-state index in [1.807, 2.05) is 12.1 Å². The number of hydrogen-bond acceptors (Lipinski definition) is 4. The van der Waals surface area contributed by atoms with Crippen molar-refractivity contribution in [3.8, 4) is 5.75 Å². The van der Waals surface area contributed by atoms with Crippen LogP contribution in [0, 0.1) is 5.92 Å². The molecule has 0 aliphatic heterocycles. The molecular formula is C31H31Cl2F3N2O4. The van der Waals surface area contributed by atoms with Gasteiger partial charge in [-0.2, -0.15) is 13.2 Å². The fraction of sp³-hybridized carbons (Fsp3) is 0.323. The van der Waals surface area contributed by atoms with Gasteiger partial charge in [-0.15, -0.1) is 0 Å². The Morgan fingerprint density at radius 1 is 0.857 bits per heavy atom. The highest BCUT2D eigenvalue weighted by atomic mass is 35.5. The summed E-state index contributed by atoms with van der Waals surface area (Å²) < 4.78 is 45.0. The van der Waals surface area contributed by atoms with Crippen LogP contribution in [0.5, 0.6) is 5.75 Å². The summed E-state index contributed by atoms with van der Waals surface area (Å²) in [7, 11) is 1.54. The topological polar surface area (TPSA) is 84.5 Å². The normalized spacial score (nSPS) is 13.6. The molecule has 0 aromatic heterocycles. The van der Waals surface area contributed by atoms with E-state index >= 15 is 0 Å². The molecule has 224 valence electrons. The first-order valence-electron chi connectivity index (χ1n) is 13.1. The van der Waals surface area contributed by atoms with Crippen LogP contribution in [0.4, 0.5) is 13.2 Å². The van der Waals surface area contributed by atoms with Gasteiger partial charge in [-0.1, -0.05) is 73.4 Å². The molecule has 2 N–H and O–H groups in total. The number of carbonyl (C=O) groups excluding carboxylic acids is 3. The standard InChI is InChI=1S/C31H31Cl2F3N2O4/c1-18(2)28(29(40)31(34,35)36)38-30(41)26(16-19-5-4-6-23(33)15-19)37-27(39)17-25(20-7-11-22(32)12-8-20)21-9-13-24(42-3)14-10-21/h4-15,18,25-26,28H,16-17H2,1-3H3,(H,37,39)(H,38,41)/t25?,26-,28-/m0/s1. The van der Waals surface area contributed by atoms with E-state index in [2.05, 4.69) is 10.6 Å². The Bertz CT molecular complexity index is 1380. The van der Waals surface area contributed by atoms with Crippen LogP contribution in [0.2, 0.25) is 10.0 Å². The molecule has 0 radical (unpaired) electrons. The minimum absolute atomic E-state index is 0.0721. The van der Waals surface area contributed by atoms with Crippen molar-refractivity contribution in [2.24, 2.45) is 5.92 Å². The lowest BCUT2D eigenvalue weighted by Crippen LogP contribution is -2.56. The lowest BCUT2D eigenvalue weighted by Gasteiger charge is -2.26. The third kappa shape index (κ3) is 9.22. The van der Waals surface area contributed by atoms with Crippen LogP contribution in [0.1, 0.15) is 42.9 Å². The lowest BCUT2D eigenvalue weighted by atomic mass is 9.88. The van der Waals surface area contributed by atoms with E-state index in [0.29, 0.717) is 21.4 Å². The molecule has 0 fully saturated rings. The maximum Gasteiger partial charge on any atom is 0.452 e. The van der Waals surface area contributed by atoms with Crippen molar-refractivity contribution in [3.63, 3.8) is 0 Å². The number of hydrogen-bond donors (Lipinski definition) is 2. The summed E-state index contributed by atoms with van der Waals surface area (Å²) in [5, 5.41) is 5.79. The number of alkyl halides is 3. The number of methoxy groups -OCH3 is 1. The first-order valence-corrected chi connectivity index (χ1v) is 13.9. The Labute approximate surface area is 252 Å². The number of nitrogens with one attached hydrogen (secondary N) is 2. The Morgan fingerprint density at radius 3 is 1.98 bits per heavy atom. The molecule has 2 amide bonds. The van der Waals surface area contributed by atoms with Crippen LogP contribution in [0.15, 0.2) is 72.8 Å². The van der Waals surface area contributed by atoms with Gasteiger partial charge < -0.3 is 15.4 Å². The maximum atomic E-state index is 13.5. The van der Waals surface area contributed by atoms with Crippen molar-refractivity contribution in [3.05, 3.63) is 99.5 Å². The summed E-state index contributed by atoms with van der Waals surface area (Å²) >= 11 is 12.2. The van der Waals surface area contributed by atoms with Crippen LogP contribution in [0.3, 0.4) is 0 Å². The third-order valence-electron chi connectivity index (χ3n) is 6.69. The van der Waals surface area contributed by atoms with Gasteiger partial charge in [-0.25, -0.2) is 0 Å². The van der Waals surface area contributed by atoms with E-state index in [0.717, 1.165) is 11.1 Å². The molecule has 3 rings (SSSR count). The largest absolute Gasteiger partial charge is 0.497 e. The highest BCUT2D eigenvalue weighted by Gasteiger charge is 2.45. The molecule has 0 aliphatic rings. The number of ketones is 1. The average Bonchev–Trinajstić information content (AvgIpc) is 2.94. The molecule has 11 heteroatoms. The van der Waals surface area contributed by atoms with Gasteiger partial charge in [0, 0.05) is 28.8 Å². The molecule has 0 aliphatic carbocycles. The number of halogens is 5. The summed E-state index contributed by atoms with van der Waals surface area (Å²) in [6, 6.07) is 17.6. The number of Topliss-reactive ketones (excluding diaryl/α,β-unsaturated/α-hetero) is 1. The summed E-state index contributed by atoms with van der Waals surface area (Å²) in [5.74, 6) is -4.19. The maximum absolute atomic E-state index is 13.5. The zero-order valence-corrected chi connectivity index (χ0v) is 24.7. The van der Waals surface area contributed by atoms with Gasteiger partial charge in [0.2, 0.25) is 11.8 Å². The molecule has 0 saturated carbocycles. The summed E-state index contributed by atoms with van der Waals surface area (Å²) in [5.41, 5.74) is 2.14. The highest BCUT2D eigenvalue weighted by molar-refractivity contribution is 6.30. The van der Waals surface area contributed by atoms with Crippen molar-refractivity contribution in [2.45, 2.75) is 50.9 Å². The smallest absolute Gasteiger partial charge is 0.452 e. The third-order valence-corrected chi connectivity index (χ3v) is 7.17. The molecule has 6 nitrogen and oxygen atoms in total. The zero-order valence-electron chi connectivity index (χ0n) is 23.2. The second-order valence-corrected chi connectivity index (χ2v) is 11.0. The number of ether oxygens (including phenoxy) is 1. The summed E-state index contributed by atoms with van der Waals surface area (Å²) in [4.78, 5) is 38.9. The summed E-state index contributed by atoms with van der Waals surface area (Å²) in [6.07, 6.45) is -5.31. The van der Waals surface area contributed by atoms with E-state index < -0.39 is 47.7 Å². The van der Waals surface area contributed by atoms with Gasteiger partial charge in [0.25, 0.3) is 5.78 Å². The molecule has 42 heavy (non-hydrogen) atoms. The Morgan fingerprint density at radius 2 is 1.45 bits per heavy atom. The van der Waals surface area contributed by atoms with Gasteiger partial charge in [0.05, 0.1) is 13.2 Å². The Hall–Kier alpha value is -3.56. The second kappa shape index (κ2) is 14.6. The van der Waals surface area contributed by atoms with Crippen LogP contribution >= 0.6 is 23.2 Å². The first kappa shape index (κ1) is 32.9. The number of carbonyl (C=O) groups is 3. The predicted molar refractivity (Wildman–Crippen MR) is 156 cm³/mol. The van der Waals surface area contributed by atoms with Crippen molar-refractivity contribution >= 4 is 40.8 Å². The fourth-order valence-electron chi connectivity index (χ4n) is 4.47. The molecular weight excluding hydrogens is 592 g/mol. The molecule has 3 atom stereocenters. The molecule has 0 saturated heterocycles. The molecule has 0 spiro atoms. The van der Waals surface area contributed by atoms with Gasteiger partial charge >= 0.3 is 6.18 Å². The van der Waals surface area contributed by atoms with Crippen LogP contribution in [-0.4, -0.2) is 43.0 Å². The molecule has 0 heterocycles. The Balaban J connectivity index is 1.90. The molecule has 3 aromatic rings. The van der Waals surface area contributed by atoms with E-state index in [9.17, 15) is 27.6 Å². The highest BCUT2D eigenvalue weighted by Crippen LogP contribution is 2.30. The van der Waals surface area contributed by atoms with E-state index in [-0.39, 0.29) is 12.8 Å². The van der Waals surface area contributed by atoms with Crippen LogP contribution in [0.25, 0.3) is 0 Å². The minimum atomic E-state index is -5.14. The van der Waals surface area contributed by atoms with Gasteiger partial charge in [0.15, 0.2) is 0 Å². The van der Waals surface area contributed by atoms with Gasteiger partial charge in [-0.05, 0) is 59.0 Å². The quantitative estimate of drug-likeness (QED) is 0.241. The number of amides is 2. The lowest BCUT2D eigenvalue weighted by molar-refractivity contribution is -0.175. The van der Waals surface area contributed by atoms with Crippen molar-refractivity contribution in [1.29, 1.82) is 0 Å². The van der Waals surface area contributed by atoms with Crippen molar-refractivity contribution in [1.82, 2.24) is 10.6 Å². The van der Waals surface area contributed by atoms with Gasteiger partial charge in [0.1, 0.15) is 11.8 Å². The van der Waals surface area contributed by atoms with Crippen molar-refractivity contribution in [2.75, 3.05) is 7.11 Å². The van der Waals surface area contributed by atoms with Crippen molar-refractivity contribution < 1.29 is 32.3 Å². The number of benzene rings is 3. The summed E-state index contributed by atoms with van der Waals surface area (Å²) in [6.45, 7) is 2.79. The monoisotopic (exact) mass is 622 g/mol. The molecule has 3 aromatic carbocycles. The molecule has 0 bridgehead atoms. The Kier molecular flexibility index (Phi) is 11.4. The molecule has 1 unspecified atom stereocenters.